The molecule has 1 atom stereocenters. The summed E-state index contributed by atoms with van der Waals surface area (Å²) in [7, 11) is 0. The fraction of sp³-hybridized carbons (Fsp3) is 0.375. The van der Waals surface area contributed by atoms with Gasteiger partial charge in [-0.25, -0.2) is 9.97 Å². The van der Waals surface area contributed by atoms with Gasteiger partial charge in [0, 0.05) is 22.2 Å². The number of halogens is 1. The van der Waals surface area contributed by atoms with Gasteiger partial charge in [-0.2, -0.15) is 0 Å². The number of aliphatic hydroxyl groups excluding tert-OH is 1. The molecule has 1 aromatic carbocycles. The van der Waals surface area contributed by atoms with E-state index in [1.54, 1.807) is 6.20 Å². The number of hydrogen-bond acceptors (Lipinski definition) is 3. The summed E-state index contributed by atoms with van der Waals surface area (Å²) in [5.74, 6) is 0.987. The number of aromatic nitrogens is 2. The lowest BCUT2D eigenvalue weighted by Crippen LogP contribution is -2.15. The highest BCUT2D eigenvalue weighted by Crippen LogP contribution is 2.27. The van der Waals surface area contributed by atoms with Crippen LogP contribution in [-0.2, 0) is 0 Å². The van der Waals surface area contributed by atoms with E-state index in [2.05, 4.69) is 58.8 Å². The molecule has 0 fully saturated rings. The highest BCUT2D eigenvalue weighted by molar-refractivity contribution is 9.10. The fourth-order valence-electron chi connectivity index (χ4n) is 2.16. The van der Waals surface area contributed by atoms with Crippen molar-refractivity contribution in [1.82, 2.24) is 9.97 Å². The van der Waals surface area contributed by atoms with Crippen molar-refractivity contribution in [3.63, 3.8) is 0 Å². The molecule has 0 saturated heterocycles. The van der Waals surface area contributed by atoms with Gasteiger partial charge in [0.1, 0.15) is 5.82 Å². The monoisotopic (exact) mass is 334 g/mol. The second-order valence-corrected chi connectivity index (χ2v) is 6.21. The first-order chi connectivity index (χ1) is 9.52. The first kappa shape index (κ1) is 15.1. The van der Waals surface area contributed by atoms with E-state index >= 15 is 0 Å². The van der Waals surface area contributed by atoms with E-state index in [0.717, 1.165) is 15.7 Å². The van der Waals surface area contributed by atoms with Gasteiger partial charge in [-0.05, 0) is 36.6 Å². The average molecular weight is 335 g/mol. The molecule has 1 unspecified atom stereocenters. The number of rotatable bonds is 4. The van der Waals surface area contributed by atoms with Gasteiger partial charge >= 0.3 is 0 Å². The number of benzene rings is 1. The third kappa shape index (κ3) is 3.25. The van der Waals surface area contributed by atoms with Crippen molar-refractivity contribution in [3.8, 4) is 11.3 Å². The Balaban J connectivity index is 2.46. The summed E-state index contributed by atoms with van der Waals surface area (Å²) in [5, 5.41) is 9.52. The third-order valence-electron chi connectivity index (χ3n) is 3.48. The lowest BCUT2D eigenvalue weighted by Gasteiger charge is -2.17. The third-order valence-corrected chi connectivity index (χ3v) is 3.98. The molecule has 0 spiro atoms. The minimum Gasteiger partial charge on any atom is -0.396 e. The van der Waals surface area contributed by atoms with E-state index in [4.69, 9.17) is 0 Å². The summed E-state index contributed by atoms with van der Waals surface area (Å²) in [5.41, 5.74) is 3.15. The van der Waals surface area contributed by atoms with E-state index in [1.807, 2.05) is 12.1 Å². The molecule has 1 N–H and O–H groups in total. The molecule has 1 heterocycles. The van der Waals surface area contributed by atoms with Crippen LogP contribution >= 0.6 is 15.9 Å². The second kappa shape index (κ2) is 6.46. The Hall–Kier alpha value is -1.26. The lowest BCUT2D eigenvalue weighted by atomic mass is 9.95. The molecular formula is C16H19BrN2O. The second-order valence-electron chi connectivity index (χ2n) is 5.29. The minimum absolute atomic E-state index is 0.0255. The maximum Gasteiger partial charge on any atom is 0.134 e. The Labute approximate surface area is 128 Å². The van der Waals surface area contributed by atoms with Crippen molar-refractivity contribution in [1.29, 1.82) is 0 Å². The zero-order valence-electron chi connectivity index (χ0n) is 12.0. The van der Waals surface area contributed by atoms with Gasteiger partial charge in [0.25, 0.3) is 0 Å². The van der Waals surface area contributed by atoms with Crippen LogP contribution in [0.2, 0.25) is 0 Å². The van der Waals surface area contributed by atoms with Crippen LogP contribution in [0, 0.1) is 12.8 Å². The predicted molar refractivity (Wildman–Crippen MR) is 84.6 cm³/mol. The van der Waals surface area contributed by atoms with Crippen LogP contribution in [0.4, 0.5) is 0 Å². The van der Waals surface area contributed by atoms with Crippen molar-refractivity contribution in [2.75, 3.05) is 6.61 Å². The lowest BCUT2D eigenvalue weighted by molar-refractivity contribution is 0.232. The Morgan fingerprint density at radius 3 is 2.65 bits per heavy atom. The SMILES string of the molecule is Cc1ccc(Br)cc1-c1ccnc(C(CO)C(C)C)n1. The van der Waals surface area contributed by atoms with E-state index < -0.39 is 0 Å². The molecule has 2 rings (SSSR count). The molecule has 1 aromatic heterocycles. The van der Waals surface area contributed by atoms with Gasteiger partial charge in [-0.1, -0.05) is 35.8 Å². The first-order valence-corrected chi connectivity index (χ1v) is 7.52. The molecule has 20 heavy (non-hydrogen) atoms. The van der Waals surface area contributed by atoms with E-state index in [9.17, 15) is 5.11 Å². The smallest absolute Gasteiger partial charge is 0.134 e. The van der Waals surface area contributed by atoms with Crippen LogP contribution < -0.4 is 0 Å². The van der Waals surface area contributed by atoms with Crippen molar-refractivity contribution < 1.29 is 5.11 Å². The van der Waals surface area contributed by atoms with Gasteiger partial charge in [0.15, 0.2) is 0 Å². The number of hydrogen-bond donors (Lipinski definition) is 1. The van der Waals surface area contributed by atoms with Crippen LogP contribution in [0.1, 0.15) is 31.2 Å². The summed E-state index contributed by atoms with van der Waals surface area (Å²) < 4.78 is 1.03. The average Bonchev–Trinajstić information content (AvgIpc) is 2.42. The van der Waals surface area contributed by atoms with E-state index in [1.165, 1.54) is 5.56 Å². The molecule has 4 heteroatoms. The normalized spacial score (nSPS) is 12.7. The van der Waals surface area contributed by atoms with Gasteiger partial charge in [0.2, 0.25) is 0 Å². The largest absolute Gasteiger partial charge is 0.396 e. The van der Waals surface area contributed by atoms with Crippen molar-refractivity contribution in [2.24, 2.45) is 5.92 Å². The molecule has 3 nitrogen and oxygen atoms in total. The van der Waals surface area contributed by atoms with Crippen LogP contribution in [0.15, 0.2) is 34.9 Å². The Morgan fingerprint density at radius 1 is 1.25 bits per heavy atom. The van der Waals surface area contributed by atoms with Gasteiger partial charge in [-0.15, -0.1) is 0 Å². The molecule has 0 saturated carbocycles. The Bertz CT molecular complexity index is 599. The maximum absolute atomic E-state index is 9.52. The Kier molecular flexibility index (Phi) is 4.89. The van der Waals surface area contributed by atoms with E-state index in [0.29, 0.717) is 11.7 Å². The number of aryl methyl sites for hydroxylation is 1. The summed E-state index contributed by atoms with van der Waals surface area (Å²) in [6.45, 7) is 6.27. The van der Waals surface area contributed by atoms with Crippen LogP contribution in [0.5, 0.6) is 0 Å². The summed E-state index contributed by atoms with van der Waals surface area (Å²) in [4.78, 5) is 8.97. The highest BCUT2D eigenvalue weighted by atomic mass is 79.9. The molecule has 0 radical (unpaired) electrons. The van der Waals surface area contributed by atoms with Gasteiger partial charge < -0.3 is 5.11 Å². The molecule has 106 valence electrons. The summed E-state index contributed by atoms with van der Waals surface area (Å²) in [6.07, 6.45) is 1.77. The fourth-order valence-corrected chi connectivity index (χ4v) is 2.52. The molecule has 0 amide bonds. The van der Waals surface area contributed by atoms with Crippen molar-refractivity contribution in [3.05, 3.63) is 46.3 Å². The molecule has 0 aliphatic heterocycles. The topological polar surface area (TPSA) is 46.0 Å². The molecule has 2 aromatic rings. The summed E-state index contributed by atoms with van der Waals surface area (Å²) >= 11 is 3.49. The van der Waals surface area contributed by atoms with Crippen LogP contribution in [0.3, 0.4) is 0 Å². The number of nitrogens with zero attached hydrogens (tertiary/aromatic N) is 2. The van der Waals surface area contributed by atoms with Gasteiger partial charge in [-0.3, -0.25) is 0 Å². The highest BCUT2D eigenvalue weighted by Gasteiger charge is 2.18. The molecular weight excluding hydrogens is 316 g/mol. The standard InChI is InChI=1S/C16H19BrN2O/c1-10(2)14(9-20)16-18-7-6-15(19-16)13-8-12(17)5-4-11(13)3/h4-8,10,14,20H,9H2,1-3H3. The molecule has 0 aliphatic carbocycles. The van der Waals surface area contributed by atoms with Crippen LogP contribution in [-0.4, -0.2) is 21.7 Å². The van der Waals surface area contributed by atoms with Crippen LogP contribution in [0.25, 0.3) is 11.3 Å². The number of aliphatic hydroxyl groups is 1. The summed E-state index contributed by atoms with van der Waals surface area (Å²) in [6, 6.07) is 8.05. The van der Waals surface area contributed by atoms with E-state index in [-0.39, 0.29) is 12.5 Å². The maximum atomic E-state index is 9.52. The zero-order valence-corrected chi connectivity index (χ0v) is 13.6. The molecule has 0 aliphatic rings. The first-order valence-electron chi connectivity index (χ1n) is 6.73. The minimum atomic E-state index is -0.0255. The van der Waals surface area contributed by atoms with Crippen molar-refractivity contribution >= 4 is 15.9 Å². The predicted octanol–water partition coefficient (Wildman–Crippen LogP) is 3.95. The molecule has 0 bridgehead atoms. The van der Waals surface area contributed by atoms with Gasteiger partial charge in [0.05, 0.1) is 12.3 Å². The zero-order chi connectivity index (χ0) is 14.7. The Morgan fingerprint density at radius 2 is 2.00 bits per heavy atom. The van der Waals surface area contributed by atoms with Crippen molar-refractivity contribution in [2.45, 2.75) is 26.7 Å². The quantitative estimate of drug-likeness (QED) is 0.920.